The molecule has 1 N–H and O–H groups in total. The molecule has 8 heteroatoms. The average molecular weight is 461 g/mol. The predicted molar refractivity (Wildman–Crippen MR) is 126 cm³/mol. The van der Waals surface area contributed by atoms with Crippen LogP contribution in [0.3, 0.4) is 0 Å². The number of hydrogen-bond acceptors (Lipinski definition) is 5. The fraction of sp³-hybridized carbons (Fsp3) is 0.385. The first-order chi connectivity index (χ1) is 16.5. The van der Waals surface area contributed by atoms with E-state index in [-0.39, 0.29) is 24.1 Å². The van der Waals surface area contributed by atoms with Gasteiger partial charge in [0.25, 0.3) is 5.91 Å². The number of hydrogen-bond donors (Lipinski definition) is 1. The van der Waals surface area contributed by atoms with Gasteiger partial charge >= 0.3 is 0 Å². The van der Waals surface area contributed by atoms with Crippen LogP contribution in [0.2, 0.25) is 0 Å². The quantitative estimate of drug-likeness (QED) is 0.687. The maximum Gasteiger partial charge on any atom is 0.255 e. The molecule has 3 aliphatic rings. The molecule has 34 heavy (non-hydrogen) atoms. The van der Waals surface area contributed by atoms with Crippen LogP contribution in [0.15, 0.2) is 48.5 Å². The lowest BCUT2D eigenvalue weighted by Crippen LogP contribution is -2.52. The Balaban J connectivity index is 1.16. The molecule has 0 bridgehead atoms. The summed E-state index contributed by atoms with van der Waals surface area (Å²) in [5.41, 5.74) is 3.59. The van der Waals surface area contributed by atoms with E-state index in [1.165, 1.54) is 5.69 Å². The third-order valence-electron chi connectivity index (χ3n) is 6.97. The summed E-state index contributed by atoms with van der Waals surface area (Å²) in [6, 6.07) is 15.3. The molecule has 0 aliphatic carbocycles. The Morgan fingerprint density at radius 3 is 2.47 bits per heavy atom. The van der Waals surface area contributed by atoms with Gasteiger partial charge in [0.15, 0.2) is 0 Å². The summed E-state index contributed by atoms with van der Waals surface area (Å²) in [5, 5.41) is 2.32. The molecule has 0 radical (unpaired) electrons. The third-order valence-corrected chi connectivity index (χ3v) is 6.97. The number of benzene rings is 2. The first-order valence-corrected chi connectivity index (χ1v) is 11.8. The van der Waals surface area contributed by atoms with Gasteiger partial charge < -0.3 is 14.7 Å². The van der Waals surface area contributed by atoms with E-state index in [2.05, 4.69) is 22.3 Å². The van der Waals surface area contributed by atoms with Crippen molar-refractivity contribution in [3.63, 3.8) is 0 Å². The van der Waals surface area contributed by atoms with Crippen molar-refractivity contribution < 1.29 is 19.2 Å². The molecule has 0 saturated carbocycles. The molecule has 176 valence electrons. The van der Waals surface area contributed by atoms with E-state index < -0.39 is 11.9 Å². The number of amides is 4. The highest BCUT2D eigenvalue weighted by Gasteiger charge is 2.39. The number of fused-ring (bicyclic) bond motifs is 1. The van der Waals surface area contributed by atoms with Crippen LogP contribution in [0, 0.1) is 0 Å². The van der Waals surface area contributed by atoms with E-state index in [4.69, 9.17) is 0 Å². The van der Waals surface area contributed by atoms with Crippen molar-refractivity contribution in [3.05, 3.63) is 65.2 Å². The number of rotatable bonds is 5. The normalized spacial score (nSPS) is 20.4. The number of piperazine rings is 1. The topological polar surface area (TPSA) is 90.0 Å². The zero-order valence-electron chi connectivity index (χ0n) is 19.0. The minimum Gasteiger partial charge on any atom is -0.368 e. The van der Waals surface area contributed by atoms with E-state index in [0.717, 1.165) is 24.2 Å². The highest BCUT2D eigenvalue weighted by atomic mass is 16.2. The summed E-state index contributed by atoms with van der Waals surface area (Å²) in [4.78, 5) is 55.2. The molecular formula is C26H28N4O4. The highest BCUT2D eigenvalue weighted by Crippen LogP contribution is 2.28. The van der Waals surface area contributed by atoms with E-state index in [9.17, 15) is 19.2 Å². The molecule has 0 spiro atoms. The SMILES string of the molecule is O=C1CCC(N2Cc3ccc(CCC(=O)N4CCN(c5ccccc5)CC4)cc3C2=O)C(=O)N1. The van der Waals surface area contributed by atoms with Crippen LogP contribution >= 0.6 is 0 Å². The molecule has 1 atom stereocenters. The van der Waals surface area contributed by atoms with Gasteiger partial charge in [0.2, 0.25) is 17.7 Å². The van der Waals surface area contributed by atoms with Gasteiger partial charge in [-0.25, -0.2) is 0 Å². The molecule has 2 fully saturated rings. The van der Waals surface area contributed by atoms with E-state index in [0.29, 0.717) is 44.5 Å². The summed E-state index contributed by atoms with van der Waals surface area (Å²) in [6.45, 7) is 3.42. The van der Waals surface area contributed by atoms with Gasteiger partial charge in [-0.3, -0.25) is 24.5 Å². The van der Waals surface area contributed by atoms with Crippen molar-refractivity contribution >= 4 is 29.3 Å². The van der Waals surface area contributed by atoms with Crippen LogP contribution in [0.4, 0.5) is 5.69 Å². The molecule has 8 nitrogen and oxygen atoms in total. The summed E-state index contributed by atoms with van der Waals surface area (Å²) in [7, 11) is 0. The molecule has 2 aromatic carbocycles. The Labute approximate surface area is 198 Å². The van der Waals surface area contributed by atoms with Gasteiger partial charge in [-0.05, 0) is 42.2 Å². The van der Waals surface area contributed by atoms with Gasteiger partial charge in [-0.15, -0.1) is 0 Å². The largest absolute Gasteiger partial charge is 0.368 e. The van der Waals surface area contributed by atoms with Crippen LogP contribution in [-0.2, 0) is 27.3 Å². The second-order valence-corrected chi connectivity index (χ2v) is 9.09. The Bertz CT molecular complexity index is 1120. The van der Waals surface area contributed by atoms with Crippen molar-refractivity contribution in [3.8, 4) is 0 Å². The van der Waals surface area contributed by atoms with Crippen LogP contribution in [0.25, 0.3) is 0 Å². The summed E-state index contributed by atoms with van der Waals surface area (Å²) in [5.74, 6) is -0.756. The first-order valence-electron chi connectivity index (χ1n) is 11.8. The minimum atomic E-state index is -0.614. The van der Waals surface area contributed by atoms with Gasteiger partial charge in [0.1, 0.15) is 6.04 Å². The summed E-state index contributed by atoms with van der Waals surface area (Å²) < 4.78 is 0. The number of piperidine rings is 1. The van der Waals surface area contributed by atoms with Crippen molar-refractivity contribution in [1.29, 1.82) is 0 Å². The molecule has 5 rings (SSSR count). The molecular weight excluding hydrogens is 432 g/mol. The number of imide groups is 1. The number of anilines is 1. The van der Waals surface area contributed by atoms with Crippen LogP contribution in [-0.4, -0.2) is 65.6 Å². The maximum atomic E-state index is 13.0. The van der Waals surface area contributed by atoms with Crippen molar-refractivity contribution in [2.45, 2.75) is 38.3 Å². The van der Waals surface area contributed by atoms with Crippen LogP contribution in [0.5, 0.6) is 0 Å². The van der Waals surface area contributed by atoms with E-state index in [1.807, 2.05) is 41.3 Å². The van der Waals surface area contributed by atoms with Crippen molar-refractivity contribution in [2.75, 3.05) is 31.1 Å². The number of carbonyl (C=O) groups excluding carboxylic acids is 4. The second-order valence-electron chi connectivity index (χ2n) is 9.09. The highest BCUT2D eigenvalue weighted by molar-refractivity contribution is 6.05. The van der Waals surface area contributed by atoms with Gasteiger partial charge in [-0.2, -0.15) is 0 Å². The van der Waals surface area contributed by atoms with Crippen molar-refractivity contribution in [2.24, 2.45) is 0 Å². The molecule has 2 aromatic rings. The zero-order valence-corrected chi connectivity index (χ0v) is 19.0. The molecule has 3 aliphatic heterocycles. The number of nitrogens with zero attached hydrogens (tertiary/aromatic N) is 3. The van der Waals surface area contributed by atoms with E-state index in [1.54, 1.807) is 4.90 Å². The van der Waals surface area contributed by atoms with Gasteiger partial charge in [0, 0.05) is 56.8 Å². The molecule has 4 amide bonds. The average Bonchev–Trinajstić information content (AvgIpc) is 3.18. The lowest BCUT2D eigenvalue weighted by Gasteiger charge is -2.36. The zero-order chi connectivity index (χ0) is 23.7. The fourth-order valence-corrected chi connectivity index (χ4v) is 5.02. The van der Waals surface area contributed by atoms with Crippen LogP contribution in [0.1, 0.15) is 40.7 Å². The lowest BCUT2D eigenvalue weighted by molar-refractivity contribution is -0.137. The van der Waals surface area contributed by atoms with E-state index >= 15 is 0 Å². The number of para-hydroxylation sites is 1. The standard InChI is InChI=1S/C26H28N4O4/c31-23-10-9-22(25(33)27-23)30-17-19-8-6-18(16-21(19)26(30)34)7-11-24(32)29-14-12-28(13-15-29)20-4-2-1-3-5-20/h1-6,8,16,22H,7,9-15,17H2,(H,27,31,33). The smallest absolute Gasteiger partial charge is 0.255 e. The Morgan fingerprint density at radius 2 is 1.74 bits per heavy atom. The van der Waals surface area contributed by atoms with Gasteiger partial charge in [0.05, 0.1) is 0 Å². The number of carbonyl (C=O) groups is 4. The summed E-state index contributed by atoms with van der Waals surface area (Å²) in [6.07, 6.45) is 1.55. The maximum absolute atomic E-state index is 13.0. The monoisotopic (exact) mass is 460 g/mol. The minimum absolute atomic E-state index is 0.129. The Hall–Kier alpha value is -3.68. The Kier molecular flexibility index (Phi) is 6.04. The van der Waals surface area contributed by atoms with Crippen LogP contribution < -0.4 is 10.2 Å². The lowest BCUT2D eigenvalue weighted by atomic mass is 10.0. The third kappa shape index (κ3) is 4.40. The number of aryl methyl sites for hydroxylation is 1. The fourth-order valence-electron chi connectivity index (χ4n) is 5.02. The second kappa shape index (κ2) is 9.29. The molecule has 1 unspecified atom stereocenters. The number of nitrogens with one attached hydrogen (secondary N) is 1. The van der Waals surface area contributed by atoms with Crippen molar-refractivity contribution in [1.82, 2.24) is 15.1 Å². The Morgan fingerprint density at radius 1 is 0.971 bits per heavy atom. The molecule has 0 aromatic heterocycles. The summed E-state index contributed by atoms with van der Waals surface area (Å²) >= 11 is 0. The predicted octanol–water partition coefficient (Wildman–Crippen LogP) is 1.73. The van der Waals surface area contributed by atoms with Gasteiger partial charge in [-0.1, -0.05) is 30.3 Å². The molecule has 2 saturated heterocycles. The first kappa shape index (κ1) is 22.1. The molecule has 3 heterocycles.